The Morgan fingerprint density at radius 2 is 1.73 bits per heavy atom. The number of para-hydroxylation sites is 2. The highest BCUT2D eigenvalue weighted by Gasteiger charge is 2.12. The van der Waals surface area contributed by atoms with Crippen LogP contribution in [0.1, 0.15) is 43.1 Å². The van der Waals surface area contributed by atoms with E-state index in [-0.39, 0.29) is 0 Å². The Morgan fingerprint density at radius 1 is 0.909 bits per heavy atom. The monoisotopic (exact) mass is 444 g/mol. The molecule has 0 unspecified atom stereocenters. The van der Waals surface area contributed by atoms with E-state index in [1.54, 1.807) is 7.11 Å². The van der Waals surface area contributed by atoms with Crippen molar-refractivity contribution >= 4 is 11.0 Å². The molecule has 5 nitrogen and oxygen atoms in total. The molecule has 172 valence electrons. The molecule has 0 N–H and O–H groups in total. The van der Waals surface area contributed by atoms with Crippen molar-refractivity contribution in [2.75, 3.05) is 13.7 Å². The SMILES string of the molecule is COc1cccc(OCc2nc3ccccc3n2CCCOc2cc(C)ccc2C(C)C)c1. The van der Waals surface area contributed by atoms with Gasteiger partial charge in [-0.15, -0.1) is 0 Å². The van der Waals surface area contributed by atoms with Crippen molar-refractivity contribution in [3.63, 3.8) is 0 Å². The molecule has 0 radical (unpaired) electrons. The number of methoxy groups -OCH3 is 1. The standard InChI is InChI=1S/C28H32N2O3/c1-20(2)24-14-13-21(3)17-27(24)32-16-8-15-30-26-12-6-5-11-25(26)29-28(30)19-33-23-10-7-9-22(18-23)31-4/h5-7,9-14,17-18,20H,8,15-16,19H2,1-4H3. The van der Waals surface area contributed by atoms with Crippen molar-refractivity contribution in [2.45, 2.75) is 46.3 Å². The maximum absolute atomic E-state index is 6.21. The smallest absolute Gasteiger partial charge is 0.147 e. The Labute approximate surface area is 195 Å². The molecule has 1 heterocycles. The number of imidazole rings is 1. The van der Waals surface area contributed by atoms with Crippen LogP contribution < -0.4 is 14.2 Å². The fraction of sp³-hybridized carbons (Fsp3) is 0.321. The second-order valence-electron chi connectivity index (χ2n) is 8.53. The van der Waals surface area contributed by atoms with Crippen LogP contribution in [-0.4, -0.2) is 23.3 Å². The zero-order valence-corrected chi connectivity index (χ0v) is 19.9. The first kappa shape index (κ1) is 22.7. The third-order valence-corrected chi connectivity index (χ3v) is 5.72. The third-order valence-electron chi connectivity index (χ3n) is 5.72. The van der Waals surface area contributed by atoms with E-state index in [0.717, 1.165) is 47.1 Å². The number of aromatic nitrogens is 2. The number of hydrogen-bond acceptors (Lipinski definition) is 4. The van der Waals surface area contributed by atoms with Gasteiger partial charge in [-0.2, -0.15) is 0 Å². The number of benzene rings is 3. The second kappa shape index (κ2) is 10.4. The molecule has 3 aromatic carbocycles. The van der Waals surface area contributed by atoms with Gasteiger partial charge in [-0.05, 0) is 60.7 Å². The zero-order chi connectivity index (χ0) is 23.2. The molecule has 0 aliphatic rings. The van der Waals surface area contributed by atoms with Gasteiger partial charge in [0.2, 0.25) is 0 Å². The van der Waals surface area contributed by atoms with E-state index in [1.165, 1.54) is 11.1 Å². The van der Waals surface area contributed by atoms with Gasteiger partial charge in [-0.25, -0.2) is 4.98 Å². The van der Waals surface area contributed by atoms with E-state index < -0.39 is 0 Å². The molecule has 0 aliphatic heterocycles. The molecular formula is C28H32N2O3. The summed E-state index contributed by atoms with van der Waals surface area (Å²) in [6, 6.07) is 22.3. The Morgan fingerprint density at radius 3 is 2.55 bits per heavy atom. The lowest BCUT2D eigenvalue weighted by molar-refractivity contribution is 0.278. The van der Waals surface area contributed by atoms with Crippen LogP contribution in [0.15, 0.2) is 66.7 Å². The summed E-state index contributed by atoms with van der Waals surface area (Å²) in [5.41, 5.74) is 4.55. The third kappa shape index (κ3) is 5.48. The lowest BCUT2D eigenvalue weighted by Crippen LogP contribution is -2.10. The Kier molecular flexibility index (Phi) is 7.18. The molecule has 1 aromatic heterocycles. The van der Waals surface area contributed by atoms with Crippen LogP contribution in [0.25, 0.3) is 11.0 Å². The number of nitrogens with zero attached hydrogens (tertiary/aromatic N) is 2. The van der Waals surface area contributed by atoms with Crippen LogP contribution >= 0.6 is 0 Å². The average molecular weight is 445 g/mol. The van der Waals surface area contributed by atoms with Crippen LogP contribution in [0.2, 0.25) is 0 Å². The molecule has 33 heavy (non-hydrogen) atoms. The van der Waals surface area contributed by atoms with Crippen molar-refractivity contribution < 1.29 is 14.2 Å². The van der Waals surface area contributed by atoms with Gasteiger partial charge < -0.3 is 18.8 Å². The predicted molar refractivity (Wildman–Crippen MR) is 132 cm³/mol. The number of rotatable bonds is 10. The largest absolute Gasteiger partial charge is 0.497 e. The number of fused-ring (bicyclic) bond motifs is 1. The van der Waals surface area contributed by atoms with Crippen LogP contribution in [0.3, 0.4) is 0 Å². The molecular weight excluding hydrogens is 412 g/mol. The van der Waals surface area contributed by atoms with Crippen LogP contribution in [0.5, 0.6) is 17.2 Å². The van der Waals surface area contributed by atoms with Crippen molar-refractivity contribution in [3.8, 4) is 17.2 Å². The van der Waals surface area contributed by atoms with Crippen molar-refractivity contribution in [2.24, 2.45) is 0 Å². The summed E-state index contributed by atoms with van der Waals surface area (Å²) in [6.45, 7) is 8.33. The first-order chi connectivity index (χ1) is 16.0. The predicted octanol–water partition coefficient (Wildman–Crippen LogP) is 6.52. The highest BCUT2D eigenvalue weighted by atomic mass is 16.5. The molecule has 4 rings (SSSR count). The van der Waals surface area contributed by atoms with Gasteiger partial charge in [-0.1, -0.05) is 44.2 Å². The van der Waals surface area contributed by atoms with E-state index in [4.69, 9.17) is 19.2 Å². The number of aryl methyl sites for hydroxylation is 2. The molecule has 0 saturated heterocycles. The summed E-state index contributed by atoms with van der Waals surface area (Å²) < 4.78 is 19.8. The fourth-order valence-electron chi connectivity index (χ4n) is 3.97. The van der Waals surface area contributed by atoms with Crippen LogP contribution in [-0.2, 0) is 13.2 Å². The molecule has 0 fully saturated rings. The van der Waals surface area contributed by atoms with Crippen molar-refractivity contribution in [3.05, 3.63) is 83.7 Å². The van der Waals surface area contributed by atoms with E-state index >= 15 is 0 Å². The first-order valence-electron chi connectivity index (χ1n) is 11.5. The fourth-order valence-corrected chi connectivity index (χ4v) is 3.97. The lowest BCUT2D eigenvalue weighted by atomic mass is 10.0. The van der Waals surface area contributed by atoms with Gasteiger partial charge >= 0.3 is 0 Å². The summed E-state index contributed by atoms with van der Waals surface area (Å²) in [7, 11) is 1.65. The van der Waals surface area contributed by atoms with Gasteiger partial charge in [0.1, 0.15) is 29.7 Å². The van der Waals surface area contributed by atoms with Gasteiger partial charge in [-0.3, -0.25) is 0 Å². The zero-order valence-electron chi connectivity index (χ0n) is 19.9. The van der Waals surface area contributed by atoms with Crippen LogP contribution in [0, 0.1) is 6.92 Å². The van der Waals surface area contributed by atoms with E-state index in [0.29, 0.717) is 19.1 Å². The van der Waals surface area contributed by atoms with E-state index in [9.17, 15) is 0 Å². The van der Waals surface area contributed by atoms with E-state index in [1.807, 2.05) is 42.5 Å². The summed E-state index contributed by atoms with van der Waals surface area (Å²) >= 11 is 0. The Bertz CT molecular complexity index is 1210. The maximum atomic E-state index is 6.21. The first-order valence-corrected chi connectivity index (χ1v) is 11.5. The minimum Gasteiger partial charge on any atom is -0.497 e. The number of hydrogen-bond donors (Lipinski definition) is 0. The molecule has 4 aromatic rings. The molecule has 0 spiro atoms. The topological polar surface area (TPSA) is 45.5 Å². The molecule has 0 atom stereocenters. The Hall–Kier alpha value is -3.47. The maximum Gasteiger partial charge on any atom is 0.147 e. The van der Waals surface area contributed by atoms with Gasteiger partial charge in [0.05, 0.1) is 24.8 Å². The van der Waals surface area contributed by atoms with Gasteiger partial charge in [0, 0.05) is 12.6 Å². The van der Waals surface area contributed by atoms with E-state index in [2.05, 4.69) is 49.6 Å². The summed E-state index contributed by atoms with van der Waals surface area (Å²) in [5, 5.41) is 0. The highest BCUT2D eigenvalue weighted by Crippen LogP contribution is 2.28. The summed E-state index contributed by atoms with van der Waals surface area (Å²) in [4.78, 5) is 4.82. The summed E-state index contributed by atoms with van der Waals surface area (Å²) in [6.07, 6.45) is 0.873. The molecule has 0 saturated carbocycles. The van der Waals surface area contributed by atoms with Crippen molar-refractivity contribution in [1.29, 1.82) is 0 Å². The van der Waals surface area contributed by atoms with Gasteiger partial charge in [0.15, 0.2) is 0 Å². The number of ether oxygens (including phenoxy) is 3. The quantitative estimate of drug-likeness (QED) is 0.261. The second-order valence-corrected chi connectivity index (χ2v) is 8.53. The highest BCUT2D eigenvalue weighted by molar-refractivity contribution is 5.75. The minimum absolute atomic E-state index is 0.387. The lowest BCUT2D eigenvalue weighted by Gasteiger charge is -2.15. The normalized spacial score (nSPS) is 11.2. The molecule has 0 bridgehead atoms. The molecule has 0 aliphatic carbocycles. The minimum atomic E-state index is 0.387. The van der Waals surface area contributed by atoms with Crippen LogP contribution in [0.4, 0.5) is 0 Å². The molecule has 5 heteroatoms. The molecule has 0 amide bonds. The Balaban J connectivity index is 1.45. The average Bonchev–Trinajstić information content (AvgIpc) is 3.18. The van der Waals surface area contributed by atoms with Crippen molar-refractivity contribution in [1.82, 2.24) is 9.55 Å². The van der Waals surface area contributed by atoms with Gasteiger partial charge in [0.25, 0.3) is 0 Å². The summed E-state index contributed by atoms with van der Waals surface area (Å²) in [5.74, 6) is 3.85.